The van der Waals surface area contributed by atoms with Crippen LogP contribution in [-0.2, 0) is 14.9 Å². The first-order valence-electron chi connectivity index (χ1n) is 4.83. The molecule has 0 aromatic rings. The fourth-order valence-corrected chi connectivity index (χ4v) is 2.08. The zero-order valence-electron chi connectivity index (χ0n) is 10.5. The summed E-state index contributed by atoms with van der Waals surface area (Å²) in [5.41, 5.74) is -1.01. The number of carbonyl (C=O) groups excluding carboxylic acids is 1. The molecule has 0 aliphatic rings. The molecule has 6 heteroatoms. The van der Waals surface area contributed by atoms with E-state index in [0.29, 0.717) is 6.42 Å². The Balaban J connectivity index is 0. The molecule has 0 aliphatic heterocycles. The van der Waals surface area contributed by atoms with Crippen molar-refractivity contribution in [3.8, 4) is 0 Å². The normalized spacial score (nSPS) is 13.8. The Labute approximate surface area is 98.4 Å². The van der Waals surface area contributed by atoms with Crippen molar-refractivity contribution in [1.82, 2.24) is 5.32 Å². The zero-order valence-corrected chi connectivity index (χ0v) is 11.3. The maximum Gasteiger partial charge on any atom is 0.223 e. The molecule has 16 heavy (non-hydrogen) atoms. The van der Waals surface area contributed by atoms with Gasteiger partial charge in [-0.3, -0.25) is 4.79 Å². The third kappa shape index (κ3) is 7.53. The molecule has 1 N–H and O–H groups in total. The second kappa shape index (κ2) is 6.10. The fraction of sp³-hybridized carbons (Fsp3) is 0.800. The van der Waals surface area contributed by atoms with E-state index >= 15 is 0 Å². The van der Waals surface area contributed by atoms with Gasteiger partial charge in [-0.05, 0) is 20.3 Å². The molecule has 0 saturated carbocycles. The van der Waals surface area contributed by atoms with E-state index in [-0.39, 0.29) is 19.3 Å². The van der Waals surface area contributed by atoms with Crippen molar-refractivity contribution in [2.24, 2.45) is 5.92 Å². The summed E-state index contributed by atoms with van der Waals surface area (Å²) in [5, 5.41) is 2.55. The van der Waals surface area contributed by atoms with Crippen molar-refractivity contribution >= 4 is 16.0 Å². The zero-order chi connectivity index (χ0) is 12.3. The Morgan fingerprint density at radius 3 is 2.19 bits per heavy atom. The first kappa shape index (κ1) is 17.6. The molecule has 1 amide bonds. The molecule has 1 unspecified atom stereocenters. The Morgan fingerprint density at radius 2 is 1.88 bits per heavy atom. The Hall–Kier alpha value is -0.750. The number of carbonyl (C=O) groups is 1. The quantitative estimate of drug-likeness (QED) is 0.581. The monoisotopic (exact) mass is 251 g/mol. The van der Waals surface area contributed by atoms with Gasteiger partial charge >= 0.3 is 0 Å². The molecule has 0 aromatic heterocycles. The van der Waals surface area contributed by atoms with Gasteiger partial charge in [0.1, 0.15) is 0 Å². The highest BCUT2D eigenvalue weighted by molar-refractivity contribution is 7.85. The van der Waals surface area contributed by atoms with Gasteiger partial charge in [0.25, 0.3) is 0 Å². The summed E-state index contributed by atoms with van der Waals surface area (Å²) in [5.74, 6) is -1.01. The topological polar surface area (TPSA) is 86.3 Å². The minimum Gasteiger partial charge on any atom is -0.748 e. The van der Waals surface area contributed by atoms with E-state index in [4.69, 9.17) is 0 Å². The van der Waals surface area contributed by atoms with Gasteiger partial charge in [-0.2, -0.15) is 0 Å². The van der Waals surface area contributed by atoms with Gasteiger partial charge in [0.2, 0.25) is 5.91 Å². The number of rotatable bonds is 5. The largest absolute Gasteiger partial charge is 0.748 e. The lowest BCUT2D eigenvalue weighted by atomic mass is 10.0. The van der Waals surface area contributed by atoms with Crippen LogP contribution < -0.4 is 5.32 Å². The van der Waals surface area contributed by atoms with Crippen LogP contribution in [0.25, 0.3) is 0 Å². The molecule has 0 saturated heterocycles. The van der Waals surface area contributed by atoms with Gasteiger partial charge in [0.05, 0.1) is 15.9 Å². The van der Waals surface area contributed by atoms with E-state index < -0.39 is 21.4 Å². The van der Waals surface area contributed by atoms with E-state index in [0.717, 1.165) is 0 Å². The van der Waals surface area contributed by atoms with Crippen molar-refractivity contribution in [2.75, 3.05) is 5.75 Å². The van der Waals surface area contributed by atoms with Crippen LogP contribution in [0.3, 0.4) is 0 Å². The number of amides is 1. The van der Waals surface area contributed by atoms with Crippen molar-refractivity contribution in [3.05, 3.63) is 7.43 Å². The van der Waals surface area contributed by atoms with Crippen LogP contribution in [0.4, 0.5) is 0 Å². The lowest BCUT2D eigenvalue weighted by Crippen LogP contribution is -2.49. The van der Waals surface area contributed by atoms with Crippen LogP contribution >= 0.6 is 0 Å². The lowest BCUT2D eigenvalue weighted by molar-refractivity contribution is -0.125. The van der Waals surface area contributed by atoms with E-state index in [1.54, 1.807) is 6.92 Å². The minimum absolute atomic E-state index is 0. The fourth-order valence-electron chi connectivity index (χ4n) is 1.12. The number of hydrogen-bond acceptors (Lipinski definition) is 4. The maximum absolute atomic E-state index is 11.5. The lowest BCUT2D eigenvalue weighted by Gasteiger charge is -2.28. The van der Waals surface area contributed by atoms with Crippen LogP contribution in [0.15, 0.2) is 0 Å². The minimum atomic E-state index is -4.32. The number of hydrogen-bond donors (Lipinski definition) is 1. The van der Waals surface area contributed by atoms with E-state index in [9.17, 15) is 17.8 Å². The summed E-state index contributed by atoms with van der Waals surface area (Å²) in [6.45, 7) is 6.64. The highest BCUT2D eigenvalue weighted by atomic mass is 32.2. The van der Waals surface area contributed by atoms with Gasteiger partial charge in [-0.1, -0.05) is 13.8 Å². The highest BCUT2D eigenvalue weighted by Gasteiger charge is 2.25. The predicted octanol–water partition coefficient (Wildman–Crippen LogP) is 0.923. The van der Waals surface area contributed by atoms with Crippen LogP contribution in [0.5, 0.6) is 0 Å². The highest BCUT2D eigenvalue weighted by Crippen LogP contribution is 2.09. The van der Waals surface area contributed by atoms with Gasteiger partial charge < -0.3 is 9.87 Å². The molecule has 0 rings (SSSR count). The Kier molecular flexibility index (Phi) is 6.73. The third-order valence-electron chi connectivity index (χ3n) is 2.06. The van der Waals surface area contributed by atoms with Gasteiger partial charge in [0, 0.05) is 18.9 Å². The van der Waals surface area contributed by atoms with Crippen molar-refractivity contribution in [2.45, 2.75) is 39.7 Å². The van der Waals surface area contributed by atoms with E-state index in [1.807, 2.05) is 6.92 Å². The molecule has 0 fully saturated rings. The average molecular weight is 251 g/mol. The van der Waals surface area contributed by atoms with Crippen molar-refractivity contribution < 1.29 is 17.8 Å². The molecule has 1 atom stereocenters. The Bertz CT molecular complexity index is 322. The summed E-state index contributed by atoms with van der Waals surface area (Å²) >= 11 is 0. The second-order valence-electron chi connectivity index (χ2n) is 4.38. The van der Waals surface area contributed by atoms with E-state index in [1.165, 1.54) is 13.8 Å². The smallest absolute Gasteiger partial charge is 0.223 e. The molecule has 0 radical (unpaired) electrons. The van der Waals surface area contributed by atoms with Crippen molar-refractivity contribution in [1.29, 1.82) is 0 Å². The summed E-state index contributed by atoms with van der Waals surface area (Å²) in [6.07, 6.45) is 0.673. The summed E-state index contributed by atoms with van der Waals surface area (Å²) in [4.78, 5) is 11.5. The molecule has 96 valence electrons. The summed E-state index contributed by atoms with van der Waals surface area (Å²) in [7, 11) is -4.32. The molecule has 0 spiro atoms. The van der Waals surface area contributed by atoms with Gasteiger partial charge in [-0.15, -0.1) is 0 Å². The SMILES string of the molecule is CCC(C)C(=O)NC(C)(C)CS(=O)(=O)[O-].[CH3+]. The predicted molar refractivity (Wildman–Crippen MR) is 62.7 cm³/mol. The van der Waals surface area contributed by atoms with E-state index in [2.05, 4.69) is 5.32 Å². The van der Waals surface area contributed by atoms with Crippen molar-refractivity contribution in [3.63, 3.8) is 0 Å². The molecule has 5 nitrogen and oxygen atoms in total. The molecule has 0 aliphatic carbocycles. The average Bonchev–Trinajstić information content (AvgIpc) is 1.96. The van der Waals surface area contributed by atoms with Gasteiger partial charge in [-0.25, -0.2) is 8.42 Å². The van der Waals surface area contributed by atoms with Crippen LogP contribution in [-0.4, -0.2) is 30.2 Å². The molecular formula is C10H21NO4S. The number of nitrogens with one attached hydrogen (secondary N) is 1. The van der Waals surface area contributed by atoms with Crippen LogP contribution in [0.2, 0.25) is 0 Å². The third-order valence-corrected chi connectivity index (χ3v) is 3.13. The van der Waals surface area contributed by atoms with Crippen LogP contribution in [0, 0.1) is 13.3 Å². The van der Waals surface area contributed by atoms with Gasteiger partial charge in [0.15, 0.2) is 0 Å². The maximum atomic E-state index is 11.5. The molecule has 0 aromatic carbocycles. The summed E-state index contributed by atoms with van der Waals surface area (Å²) < 4.78 is 31.7. The first-order valence-corrected chi connectivity index (χ1v) is 6.41. The molecule has 0 heterocycles. The molecule has 0 bridgehead atoms. The van der Waals surface area contributed by atoms with Crippen LogP contribution in [0.1, 0.15) is 34.1 Å². The molecular weight excluding hydrogens is 230 g/mol. The second-order valence-corrected chi connectivity index (χ2v) is 5.79. The summed E-state index contributed by atoms with van der Waals surface area (Å²) in [6, 6.07) is 0. The Morgan fingerprint density at radius 1 is 1.44 bits per heavy atom. The first-order chi connectivity index (χ1) is 6.57. The standard InChI is InChI=1S/C9H19NO4S.CH3/c1-5-7(2)8(11)10-9(3,4)6-15(12,13)14;/h7H,5-6H2,1-4H3,(H,10,11)(H,12,13,14);1H3/q;+1/p-1.